The number of hydrogen-bond donors (Lipinski definition) is 0. The van der Waals surface area contributed by atoms with Gasteiger partial charge in [0.2, 0.25) is 0 Å². The molecule has 10 aromatic carbocycles. The third-order valence-corrected chi connectivity index (χ3v) is 14.5. The molecule has 4 aromatic heterocycles. The molecule has 8 nitrogen and oxygen atoms in total. The second kappa shape index (κ2) is 15.4. The summed E-state index contributed by atoms with van der Waals surface area (Å²) in [4.78, 5) is 0. The molecule has 330 valence electrons. The number of fused-ring (bicyclic) bond motifs is 12. The Labute approximate surface area is 411 Å². The molecule has 0 amide bonds. The third-order valence-electron chi connectivity index (χ3n) is 14.5. The summed E-state index contributed by atoms with van der Waals surface area (Å²) >= 11 is 0. The molecule has 0 unspecified atom stereocenters. The molecule has 14 rings (SSSR count). The number of nitrogens with zero attached hydrogens (tertiary/aromatic N) is 8. The lowest BCUT2D eigenvalue weighted by atomic mass is 9.93. The van der Waals surface area contributed by atoms with E-state index >= 15 is 0 Å². The predicted molar refractivity (Wildman–Crippen MR) is 288 cm³/mol. The fourth-order valence-corrected chi connectivity index (χ4v) is 11.6. The van der Waals surface area contributed by atoms with Crippen LogP contribution in [0.15, 0.2) is 206 Å². The minimum Gasteiger partial charge on any atom is -0.308 e. The molecule has 14 aromatic rings. The summed E-state index contributed by atoms with van der Waals surface area (Å²) in [6.45, 7) is 0. The highest BCUT2D eigenvalue weighted by atomic mass is 15.1. The smallest absolute Gasteiger partial charge is 0.103 e. The van der Waals surface area contributed by atoms with Crippen LogP contribution in [-0.4, -0.2) is 18.3 Å². The van der Waals surface area contributed by atoms with Crippen molar-refractivity contribution < 1.29 is 0 Å². The van der Waals surface area contributed by atoms with Crippen molar-refractivity contribution in [2.24, 2.45) is 0 Å². The van der Waals surface area contributed by atoms with E-state index in [-0.39, 0.29) is 22.3 Å². The van der Waals surface area contributed by atoms with Gasteiger partial charge in [-0.05, 0) is 78.4 Å². The van der Waals surface area contributed by atoms with E-state index in [1.54, 1.807) is 0 Å². The number of aromatic nitrogens is 4. The van der Waals surface area contributed by atoms with Crippen LogP contribution in [0.1, 0.15) is 22.3 Å². The second-order valence-electron chi connectivity index (χ2n) is 18.1. The molecule has 8 heteroatoms. The molecule has 0 aliphatic rings. The molecule has 0 bridgehead atoms. The van der Waals surface area contributed by atoms with Crippen molar-refractivity contribution in [1.29, 1.82) is 21.0 Å². The highest BCUT2D eigenvalue weighted by Gasteiger charge is 2.29. The van der Waals surface area contributed by atoms with Crippen LogP contribution in [0, 0.1) is 45.3 Å². The van der Waals surface area contributed by atoms with Crippen molar-refractivity contribution in [1.82, 2.24) is 18.3 Å². The number of nitriles is 4. The summed E-state index contributed by atoms with van der Waals surface area (Å²) in [5.74, 6) is 0. The Kier molecular flexibility index (Phi) is 8.67. The van der Waals surface area contributed by atoms with Crippen molar-refractivity contribution >= 4 is 87.2 Å². The van der Waals surface area contributed by atoms with E-state index in [1.165, 1.54) is 0 Å². The van der Waals surface area contributed by atoms with Gasteiger partial charge in [-0.25, -0.2) is 0 Å². The van der Waals surface area contributed by atoms with Crippen LogP contribution in [0.25, 0.3) is 121 Å². The lowest BCUT2D eigenvalue weighted by Crippen LogP contribution is -2.08. The van der Waals surface area contributed by atoms with Gasteiger partial charge < -0.3 is 18.3 Å². The molecule has 0 aliphatic heterocycles. The Morgan fingerprint density at radius 3 is 0.931 bits per heavy atom. The highest BCUT2D eigenvalue weighted by molar-refractivity contribution is 6.15. The Balaban J connectivity index is 1.14. The van der Waals surface area contributed by atoms with Crippen LogP contribution in [-0.2, 0) is 0 Å². The van der Waals surface area contributed by atoms with E-state index in [1.807, 2.05) is 103 Å². The second-order valence-corrected chi connectivity index (χ2v) is 18.1. The van der Waals surface area contributed by atoms with E-state index < -0.39 is 0 Å². The summed E-state index contributed by atoms with van der Waals surface area (Å²) in [6, 6.07) is 79.6. The molecular weight excluding hydrogens is 881 g/mol. The van der Waals surface area contributed by atoms with Crippen LogP contribution in [0.2, 0.25) is 0 Å². The molecule has 0 N–H and O–H groups in total. The lowest BCUT2D eigenvalue weighted by Gasteiger charge is -2.22. The maximum absolute atomic E-state index is 11.4. The Morgan fingerprint density at radius 2 is 0.569 bits per heavy atom. The van der Waals surface area contributed by atoms with E-state index in [9.17, 15) is 21.0 Å². The fraction of sp³-hybridized carbons (Fsp3) is 0. The van der Waals surface area contributed by atoms with Gasteiger partial charge in [-0.1, -0.05) is 133 Å². The molecule has 0 radical (unpaired) electrons. The van der Waals surface area contributed by atoms with Crippen molar-refractivity contribution in [3.8, 4) is 58.2 Å². The Bertz CT molecular complexity index is 4710. The molecule has 72 heavy (non-hydrogen) atoms. The first-order chi connectivity index (χ1) is 35.6. The third kappa shape index (κ3) is 5.52. The molecule has 0 aliphatic carbocycles. The molecular formula is C64H34N8. The average Bonchev–Trinajstić information content (AvgIpc) is 4.17. The van der Waals surface area contributed by atoms with Gasteiger partial charge in [-0.15, -0.1) is 0 Å². The summed E-state index contributed by atoms with van der Waals surface area (Å²) in [5.41, 5.74) is 13.0. The average molecular weight is 915 g/mol. The molecule has 0 atom stereocenters. The zero-order chi connectivity index (χ0) is 48.2. The molecule has 0 spiro atoms. The van der Waals surface area contributed by atoms with Crippen molar-refractivity contribution in [2.75, 3.05) is 0 Å². The highest BCUT2D eigenvalue weighted by Crippen LogP contribution is 2.47. The van der Waals surface area contributed by atoms with Crippen LogP contribution < -0.4 is 0 Å². The quantitative estimate of drug-likeness (QED) is 0.171. The van der Waals surface area contributed by atoms with Crippen LogP contribution in [0.5, 0.6) is 0 Å². The van der Waals surface area contributed by atoms with Crippen molar-refractivity contribution in [3.63, 3.8) is 0 Å². The largest absolute Gasteiger partial charge is 0.308 e. The monoisotopic (exact) mass is 914 g/mol. The summed E-state index contributed by atoms with van der Waals surface area (Å²) in [7, 11) is 0. The van der Waals surface area contributed by atoms with Gasteiger partial charge in [-0.2, -0.15) is 21.0 Å². The summed E-state index contributed by atoms with van der Waals surface area (Å²) in [5, 5.41) is 51.9. The van der Waals surface area contributed by atoms with E-state index in [4.69, 9.17) is 0 Å². The number of rotatable bonds is 5. The van der Waals surface area contributed by atoms with Gasteiger partial charge in [0.25, 0.3) is 0 Å². The maximum Gasteiger partial charge on any atom is 0.103 e. The standard InChI is InChI=1S/C64H34N8/c65-35-40-32-60(69-52-22-8-1-15-43(52)44-16-2-9-23-53(44)69)61(33-41(40)36-66)70-56-26-12-7-21-49(56)50-31-39(29-30-59(50)70)63-62(71-54-24-10-3-17-45(54)46-18-4-11-25-55(46)71)34-42(37-67)51(38-68)64(63)72-57-27-13-5-19-47(57)48-20-6-14-28-58(48)72/h1-34H. The fourth-order valence-electron chi connectivity index (χ4n) is 11.6. The molecule has 0 saturated heterocycles. The first kappa shape index (κ1) is 40.4. The van der Waals surface area contributed by atoms with Crippen LogP contribution in [0.4, 0.5) is 0 Å². The van der Waals surface area contributed by atoms with Gasteiger partial charge in [0.1, 0.15) is 24.3 Å². The Hall–Kier alpha value is -10.6. The minimum atomic E-state index is 0.263. The van der Waals surface area contributed by atoms with Crippen molar-refractivity contribution in [2.45, 2.75) is 0 Å². The Morgan fingerprint density at radius 1 is 0.264 bits per heavy atom. The van der Waals surface area contributed by atoms with Gasteiger partial charge in [0, 0.05) is 48.7 Å². The zero-order valence-electron chi connectivity index (χ0n) is 38.2. The summed E-state index contributed by atoms with van der Waals surface area (Å²) < 4.78 is 8.82. The lowest BCUT2D eigenvalue weighted by molar-refractivity contribution is 1.09. The predicted octanol–water partition coefficient (Wildman–Crippen LogP) is 15.2. The number of benzene rings is 10. The molecule has 4 heterocycles. The first-order valence-corrected chi connectivity index (χ1v) is 23.6. The maximum atomic E-state index is 11.4. The van der Waals surface area contributed by atoms with Crippen LogP contribution >= 0.6 is 0 Å². The van der Waals surface area contributed by atoms with Gasteiger partial charge in [-0.3, -0.25) is 0 Å². The first-order valence-electron chi connectivity index (χ1n) is 23.6. The normalized spacial score (nSPS) is 11.6. The molecule has 0 fully saturated rings. The number of para-hydroxylation sites is 7. The SMILES string of the molecule is N#Cc1cc(-n2c3ccccc3c3ccccc32)c(-n2c3ccccc3c3cc(-c4c(-n5c6ccccc6c6ccccc65)cc(C#N)c(C#N)c4-n4c5ccccc5c5ccccc54)ccc32)cc1C#N. The van der Waals surface area contributed by atoms with Crippen molar-refractivity contribution in [3.05, 3.63) is 229 Å². The number of hydrogen-bond acceptors (Lipinski definition) is 4. The topological polar surface area (TPSA) is 115 Å². The van der Waals surface area contributed by atoms with Gasteiger partial charge in [0.05, 0.1) is 89.1 Å². The molecule has 0 saturated carbocycles. The van der Waals surface area contributed by atoms with Crippen LogP contribution in [0.3, 0.4) is 0 Å². The van der Waals surface area contributed by atoms with Gasteiger partial charge >= 0.3 is 0 Å². The van der Waals surface area contributed by atoms with Gasteiger partial charge in [0.15, 0.2) is 0 Å². The summed E-state index contributed by atoms with van der Waals surface area (Å²) in [6.07, 6.45) is 0. The van der Waals surface area contributed by atoms with E-state index in [2.05, 4.69) is 146 Å². The van der Waals surface area contributed by atoms with E-state index in [0.717, 1.165) is 115 Å². The van der Waals surface area contributed by atoms with E-state index in [0.29, 0.717) is 5.69 Å². The zero-order valence-corrected chi connectivity index (χ0v) is 38.2. The minimum absolute atomic E-state index is 0.263.